The predicted molar refractivity (Wildman–Crippen MR) is 91.1 cm³/mol. The molecule has 2 rings (SSSR count). The molecule has 24 heavy (non-hydrogen) atoms. The second-order valence-corrected chi connectivity index (χ2v) is 6.74. The minimum Gasteiger partial charge on any atom is -0.427 e. The van der Waals surface area contributed by atoms with Gasteiger partial charge in [-0.05, 0) is 24.6 Å². The summed E-state index contributed by atoms with van der Waals surface area (Å²) >= 11 is 1.27. The number of carbonyl (C=O) groups excluding carboxylic acids is 3. The largest absolute Gasteiger partial charge is 0.427 e. The molecule has 1 heterocycles. The van der Waals surface area contributed by atoms with Crippen LogP contribution in [0.15, 0.2) is 29.4 Å². The average Bonchev–Trinajstić information content (AvgIpc) is 2.85. The van der Waals surface area contributed by atoms with Crippen LogP contribution >= 0.6 is 11.8 Å². The molecule has 128 valence electrons. The number of amidine groups is 1. The lowest BCUT2D eigenvalue weighted by molar-refractivity contribution is -0.134. The fourth-order valence-corrected chi connectivity index (χ4v) is 3.43. The molecule has 7 nitrogen and oxygen atoms in total. The highest BCUT2D eigenvalue weighted by Crippen LogP contribution is 2.45. The number of nitrogens with zero attached hydrogens (tertiary/aromatic N) is 2. The number of ether oxygens (including phenoxy) is 1. The molecule has 1 aliphatic rings. The van der Waals surface area contributed by atoms with Crippen molar-refractivity contribution in [2.45, 2.75) is 39.0 Å². The molecule has 2 amide bonds. The second kappa shape index (κ2) is 7.04. The molecule has 1 N–H and O–H groups in total. The van der Waals surface area contributed by atoms with Crippen LogP contribution < -0.4 is 10.1 Å². The average molecular weight is 349 g/mol. The number of amides is 2. The van der Waals surface area contributed by atoms with E-state index in [9.17, 15) is 14.4 Å². The number of hydrogen-bond acceptors (Lipinski definition) is 6. The van der Waals surface area contributed by atoms with Crippen LogP contribution in [0.4, 0.5) is 0 Å². The molecule has 0 saturated carbocycles. The van der Waals surface area contributed by atoms with Crippen molar-refractivity contribution in [2.75, 3.05) is 0 Å². The number of benzene rings is 1. The molecular weight excluding hydrogens is 330 g/mol. The maximum atomic E-state index is 11.9. The van der Waals surface area contributed by atoms with Gasteiger partial charge in [-0.3, -0.25) is 14.4 Å². The summed E-state index contributed by atoms with van der Waals surface area (Å²) in [6, 6.07) is 6.88. The molecule has 0 spiro atoms. The summed E-state index contributed by atoms with van der Waals surface area (Å²) in [4.78, 5) is 33.7. The van der Waals surface area contributed by atoms with Crippen molar-refractivity contribution in [1.29, 1.82) is 0 Å². The fraction of sp³-hybridized carbons (Fsp3) is 0.375. The number of hydrogen-bond donors (Lipinski definition) is 1. The third-order valence-corrected chi connectivity index (χ3v) is 4.57. The molecule has 1 aromatic carbocycles. The van der Waals surface area contributed by atoms with Gasteiger partial charge in [-0.2, -0.15) is 0 Å². The normalized spacial score (nSPS) is 19.7. The van der Waals surface area contributed by atoms with Gasteiger partial charge in [0.1, 0.15) is 10.6 Å². The van der Waals surface area contributed by atoms with Gasteiger partial charge in [-0.25, -0.2) is 5.01 Å². The Balaban J connectivity index is 2.27. The van der Waals surface area contributed by atoms with E-state index in [0.29, 0.717) is 17.3 Å². The number of thioether (sulfide) groups is 1. The predicted octanol–water partition coefficient (Wildman–Crippen LogP) is 2.18. The van der Waals surface area contributed by atoms with Crippen molar-refractivity contribution in [3.8, 4) is 5.75 Å². The highest BCUT2D eigenvalue weighted by molar-refractivity contribution is 8.14. The number of esters is 1. The van der Waals surface area contributed by atoms with Crippen molar-refractivity contribution in [3.05, 3.63) is 29.8 Å². The van der Waals surface area contributed by atoms with E-state index in [4.69, 9.17) is 4.74 Å². The van der Waals surface area contributed by atoms with Crippen LogP contribution in [0.5, 0.6) is 5.75 Å². The van der Waals surface area contributed by atoms with Crippen molar-refractivity contribution in [1.82, 2.24) is 10.3 Å². The third-order valence-electron chi connectivity index (χ3n) is 3.38. The molecule has 1 aromatic rings. The number of carbonyl (C=O) groups is 3. The smallest absolute Gasteiger partial charge is 0.310 e. The first-order chi connectivity index (χ1) is 11.3. The topological polar surface area (TPSA) is 88.1 Å². The summed E-state index contributed by atoms with van der Waals surface area (Å²) in [7, 11) is 0. The summed E-state index contributed by atoms with van der Waals surface area (Å²) in [5.41, 5.74) is 0.795. The Kier molecular flexibility index (Phi) is 5.28. The highest BCUT2D eigenvalue weighted by atomic mass is 32.2. The molecule has 1 atom stereocenters. The van der Waals surface area contributed by atoms with Crippen LogP contribution in [0.2, 0.25) is 0 Å². The van der Waals surface area contributed by atoms with Crippen LogP contribution in [0.3, 0.4) is 0 Å². The number of hydrazone groups is 1. The van der Waals surface area contributed by atoms with Gasteiger partial charge in [-0.15, -0.1) is 5.10 Å². The lowest BCUT2D eigenvalue weighted by Gasteiger charge is -2.31. The Morgan fingerprint density at radius 2 is 1.88 bits per heavy atom. The Bertz CT molecular complexity index is 702. The van der Waals surface area contributed by atoms with Crippen LogP contribution in [0.1, 0.15) is 39.7 Å². The van der Waals surface area contributed by atoms with E-state index < -0.39 is 4.87 Å². The molecular formula is C16H19N3O4S. The van der Waals surface area contributed by atoms with E-state index in [1.54, 1.807) is 31.2 Å². The quantitative estimate of drug-likeness (QED) is 0.667. The van der Waals surface area contributed by atoms with Gasteiger partial charge >= 0.3 is 5.97 Å². The molecule has 0 bridgehead atoms. The summed E-state index contributed by atoms with van der Waals surface area (Å²) in [5, 5.41) is 8.49. The van der Waals surface area contributed by atoms with Gasteiger partial charge in [0.15, 0.2) is 5.17 Å². The standard InChI is InChI=1S/C16H19N3O4S/c1-5-14(22)23-13-8-6-12(7-9-13)16(4)19(11(3)21)18-15(24-16)17-10(2)20/h6-9H,5H2,1-4H3,(H,17,18,20)/t16-/m0/s1. The van der Waals surface area contributed by atoms with Gasteiger partial charge in [0.05, 0.1) is 0 Å². The molecule has 0 aromatic heterocycles. The highest BCUT2D eigenvalue weighted by Gasteiger charge is 2.43. The zero-order chi connectivity index (χ0) is 17.9. The minimum absolute atomic E-state index is 0.244. The first-order valence-corrected chi connectivity index (χ1v) is 8.25. The van der Waals surface area contributed by atoms with Crippen LogP contribution in [-0.2, 0) is 19.3 Å². The Morgan fingerprint density at radius 3 is 2.38 bits per heavy atom. The monoisotopic (exact) mass is 349 g/mol. The summed E-state index contributed by atoms with van der Waals surface area (Å²) in [6.45, 7) is 6.35. The first kappa shape index (κ1) is 18.0. The van der Waals surface area contributed by atoms with E-state index in [1.165, 1.54) is 30.6 Å². The van der Waals surface area contributed by atoms with Crippen LogP contribution in [-0.4, -0.2) is 28.0 Å². The van der Waals surface area contributed by atoms with Crippen LogP contribution in [0.25, 0.3) is 0 Å². The van der Waals surface area contributed by atoms with Gasteiger partial charge in [-0.1, -0.05) is 30.8 Å². The minimum atomic E-state index is -0.795. The zero-order valence-corrected chi connectivity index (χ0v) is 14.8. The second-order valence-electron chi connectivity index (χ2n) is 5.35. The van der Waals surface area contributed by atoms with Crippen LogP contribution in [0, 0.1) is 0 Å². The van der Waals surface area contributed by atoms with Gasteiger partial charge in [0, 0.05) is 20.3 Å². The van der Waals surface area contributed by atoms with E-state index in [-0.39, 0.29) is 17.8 Å². The Labute approximate surface area is 144 Å². The van der Waals surface area contributed by atoms with E-state index in [0.717, 1.165) is 5.56 Å². The van der Waals surface area contributed by atoms with E-state index in [1.807, 2.05) is 6.92 Å². The summed E-state index contributed by atoms with van der Waals surface area (Å²) < 4.78 is 5.15. The fourth-order valence-electron chi connectivity index (χ4n) is 2.23. The Hall–Kier alpha value is -2.35. The molecule has 0 saturated heterocycles. The molecule has 8 heteroatoms. The SMILES string of the molecule is CCC(=O)Oc1ccc([C@]2(C)SC(NC(C)=O)=NN2C(C)=O)cc1. The Morgan fingerprint density at radius 1 is 1.25 bits per heavy atom. The first-order valence-electron chi connectivity index (χ1n) is 7.43. The van der Waals surface area contributed by atoms with Crippen molar-refractivity contribution < 1.29 is 19.1 Å². The van der Waals surface area contributed by atoms with Crippen molar-refractivity contribution >= 4 is 34.7 Å². The van der Waals surface area contributed by atoms with Gasteiger partial charge in [0.25, 0.3) is 0 Å². The van der Waals surface area contributed by atoms with Gasteiger partial charge < -0.3 is 10.1 Å². The van der Waals surface area contributed by atoms with Crippen molar-refractivity contribution in [3.63, 3.8) is 0 Å². The molecule has 0 unspecified atom stereocenters. The lowest BCUT2D eigenvalue weighted by Crippen LogP contribution is -2.37. The summed E-state index contributed by atoms with van der Waals surface area (Å²) in [6.07, 6.45) is 0.293. The number of nitrogens with one attached hydrogen (secondary N) is 1. The maximum Gasteiger partial charge on any atom is 0.310 e. The van der Waals surface area contributed by atoms with Gasteiger partial charge in [0.2, 0.25) is 11.8 Å². The lowest BCUT2D eigenvalue weighted by atomic mass is 10.1. The molecule has 1 aliphatic heterocycles. The molecule has 0 fully saturated rings. The van der Waals surface area contributed by atoms with E-state index in [2.05, 4.69) is 10.4 Å². The molecule has 0 aliphatic carbocycles. The zero-order valence-electron chi connectivity index (χ0n) is 14.0. The summed E-state index contributed by atoms with van der Waals surface area (Å²) in [5.74, 6) is -0.372. The maximum absolute atomic E-state index is 11.9. The third kappa shape index (κ3) is 3.76. The van der Waals surface area contributed by atoms with Crippen molar-refractivity contribution in [2.24, 2.45) is 5.10 Å². The molecule has 0 radical (unpaired) electrons. The van der Waals surface area contributed by atoms with E-state index >= 15 is 0 Å². The number of rotatable bonds is 3.